The Morgan fingerprint density at radius 3 is 2.91 bits per heavy atom. The van der Waals surface area contributed by atoms with E-state index in [0.29, 0.717) is 21.8 Å². The number of hydrogen-bond acceptors (Lipinski definition) is 5. The number of benzene rings is 2. The Hall–Kier alpha value is -2.60. The highest BCUT2D eigenvalue weighted by molar-refractivity contribution is 6.33. The van der Waals surface area contributed by atoms with Gasteiger partial charge in [-0.05, 0) is 29.8 Å². The van der Waals surface area contributed by atoms with Crippen LogP contribution in [-0.4, -0.2) is 18.1 Å². The van der Waals surface area contributed by atoms with Crippen LogP contribution < -0.4 is 5.32 Å². The minimum absolute atomic E-state index is 0.138. The highest BCUT2D eigenvalue weighted by Crippen LogP contribution is 2.28. The molecule has 0 amide bonds. The monoisotopic (exact) mass is 334 g/mol. The van der Waals surface area contributed by atoms with E-state index in [1.54, 1.807) is 18.2 Å². The van der Waals surface area contributed by atoms with E-state index in [9.17, 15) is 9.18 Å². The molecule has 3 aromatic rings. The van der Waals surface area contributed by atoms with Crippen molar-refractivity contribution < 1.29 is 18.3 Å². The minimum Gasteiger partial charge on any atom is -0.469 e. The van der Waals surface area contributed by atoms with Crippen molar-refractivity contribution in [1.29, 1.82) is 0 Å². The third kappa shape index (κ3) is 3.43. The second-order valence-corrected chi connectivity index (χ2v) is 5.23. The minimum atomic E-state index is -0.387. The number of aromatic nitrogens is 1. The van der Waals surface area contributed by atoms with E-state index in [1.807, 2.05) is 0 Å². The number of fused-ring (bicyclic) bond motifs is 1. The van der Waals surface area contributed by atoms with Crippen LogP contribution in [0.1, 0.15) is 5.56 Å². The third-order valence-electron chi connectivity index (χ3n) is 3.20. The molecule has 0 saturated heterocycles. The molecule has 0 radical (unpaired) electrons. The fourth-order valence-corrected chi connectivity index (χ4v) is 2.33. The lowest BCUT2D eigenvalue weighted by molar-refractivity contribution is -0.139. The highest BCUT2D eigenvalue weighted by Gasteiger charge is 2.10. The summed E-state index contributed by atoms with van der Waals surface area (Å²) in [5, 5.41) is 3.33. The zero-order chi connectivity index (χ0) is 16.4. The van der Waals surface area contributed by atoms with Gasteiger partial charge in [-0.2, -0.15) is 4.98 Å². The van der Waals surface area contributed by atoms with Gasteiger partial charge in [0.05, 0.1) is 24.2 Å². The van der Waals surface area contributed by atoms with Crippen molar-refractivity contribution >= 4 is 40.4 Å². The van der Waals surface area contributed by atoms with Crippen LogP contribution in [0, 0.1) is 5.82 Å². The zero-order valence-corrected chi connectivity index (χ0v) is 12.9. The average molecular weight is 335 g/mol. The van der Waals surface area contributed by atoms with Gasteiger partial charge in [0.1, 0.15) is 11.3 Å². The van der Waals surface area contributed by atoms with Crippen LogP contribution in [0.2, 0.25) is 5.02 Å². The van der Waals surface area contributed by atoms with Crippen LogP contribution >= 0.6 is 11.6 Å². The molecule has 1 heterocycles. The first kappa shape index (κ1) is 15.3. The predicted molar refractivity (Wildman–Crippen MR) is 84.4 cm³/mol. The number of esters is 1. The molecule has 2 aromatic carbocycles. The normalized spacial score (nSPS) is 10.7. The number of hydrogen-bond donors (Lipinski definition) is 1. The van der Waals surface area contributed by atoms with Crippen LogP contribution in [0.4, 0.5) is 16.1 Å². The molecular weight excluding hydrogens is 323 g/mol. The molecule has 1 N–H and O–H groups in total. The molecule has 7 heteroatoms. The summed E-state index contributed by atoms with van der Waals surface area (Å²) in [5.41, 5.74) is 2.16. The van der Waals surface area contributed by atoms with Crippen molar-refractivity contribution in [3.63, 3.8) is 0 Å². The van der Waals surface area contributed by atoms with E-state index in [1.165, 1.54) is 25.3 Å². The molecule has 5 nitrogen and oxygen atoms in total. The lowest BCUT2D eigenvalue weighted by Crippen LogP contribution is -2.04. The van der Waals surface area contributed by atoms with Crippen LogP contribution in [0.3, 0.4) is 0 Å². The van der Waals surface area contributed by atoms with Gasteiger partial charge in [0.25, 0.3) is 6.01 Å². The van der Waals surface area contributed by atoms with Gasteiger partial charge >= 0.3 is 5.97 Å². The molecule has 0 fully saturated rings. The van der Waals surface area contributed by atoms with E-state index >= 15 is 0 Å². The number of anilines is 2. The number of oxazole rings is 1. The Morgan fingerprint density at radius 2 is 2.17 bits per heavy atom. The molecule has 23 heavy (non-hydrogen) atoms. The fraction of sp³-hybridized carbons (Fsp3) is 0.125. The summed E-state index contributed by atoms with van der Waals surface area (Å²) in [4.78, 5) is 15.4. The van der Waals surface area contributed by atoms with Gasteiger partial charge < -0.3 is 14.5 Å². The van der Waals surface area contributed by atoms with Gasteiger partial charge in [-0.3, -0.25) is 4.79 Å². The maximum absolute atomic E-state index is 13.2. The lowest BCUT2D eigenvalue weighted by atomic mass is 10.1. The Labute approximate surface area is 136 Å². The van der Waals surface area contributed by atoms with Crippen molar-refractivity contribution in [1.82, 2.24) is 4.98 Å². The molecule has 0 bridgehead atoms. The summed E-state index contributed by atoms with van der Waals surface area (Å²) in [6, 6.07) is 9.39. The summed E-state index contributed by atoms with van der Waals surface area (Å²) in [6.07, 6.45) is 0.138. The number of ether oxygens (including phenoxy) is 1. The second kappa shape index (κ2) is 6.26. The number of carbonyl (C=O) groups excluding carboxylic acids is 1. The highest BCUT2D eigenvalue weighted by atomic mass is 35.5. The number of nitrogens with zero attached hydrogens (tertiary/aromatic N) is 1. The van der Waals surface area contributed by atoms with E-state index in [0.717, 1.165) is 5.56 Å². The van der Waals surface area contributed by atoms with Gasteiger partial charge in [-0.25, -0.2) is 4.39 Å². The Balaban J connectivity index is 1.82. The lowest BCUT2D eigenvalue weighted by Gasteiger charge is -2.06. The Morgan fingerprint density at radius 1 is 1.35 bits per heavy atom. The van der Waals surface area contributed by atoms with Gasteiger partial charge in [-0.1, -0.05) is 17.7 Å². The first-order valence-corrected chi connectivity index (χ1v) is 7.11. The smallest absolute Gasteiger partial charge is 0.309 e. The summed E-state index contributed by atoms with van der Waals surface area (Å²) < 4.78 is 23.2. The molecular formula is C16H12ClFN2O3. The Kier molecular flexibility index (Phi) is 4.16. The van der Waals surface area contributed by atoms with Crippen LogP contribution in [0.15, 0.2) is 40.8 Å². The number of rotatable bonds is 4. The molecule has 0 saturated carbocycles. The maximum atomic E-state index is 13.2. The van der Waals surface area contributed by atoms with E-state index in [2.05, 4.69) is 15.0 Å². The van der Waals surface area contributed by atoms with Crippen LogP contribution in [0.5, 0.6) is 0 Å². The van der Waals surface area contributed by atoms with Crippen molar-refractivity contribution in [2.75, 3.05) is 12.4 Å². The van der Waals surface area contributed by atoms with E-state index in [-0.39, 0.29) is 24.2 Å². The molecule has 0 aliphatic rings. The molecule has 0 aliphatic carbocycles. The van der Waals surface area contributed by atoms with Crippen molar-refractivity contribution in [3.8, 4) is 0 Å². The topological polar surface area (TPSA) is 64.4 Å². The van der Waals surface area contributed by atoms with E-state index < -0.39 is 0 Å². The summed E-state index contributed by atoms with van der Waals surface area (Å²) in [6.45, 7) is 0. The van der Waals surface area contributed by atoms with Gasteiger partial charge in [-0.15, -0.1) is 0 Å². The molecule has 0 atom stereocenters. The van der Waals surface area contributed by atoms with Crippen molar-refractivity contribution in [2.45, 2.75) is 6.42 Å². The van der Waals surface area contributed by atoms with Crippen molar-refractivity contribution in [3.05, 3.63) is 52.8 Å². The summed E-state index contributed by atoms with van der Waals surface area (Å²) in [5.74, 6) is -0.731. The van der Waals surface area contributed by atoms with Gasteiger partial charge in [0, 0.05) is 6.07 Å². The number of carbonyl (C=O) groups is 1. The second-order valence-electron chi connectivity index (χ2n) is 4.82. The van der Waals surface area contributed by atoms with E-state index in [4.69, 9.17) is 16.0 Å². The standard InChI is InChI=1S/C16H12ClFN2O3/c1-22-15(21)7-9-2-4-12(11(17)6-9)19-16-20-13-8-10(18)3-5-14(13)23-16/h2-6,8H,7H2,1H3,(H,19,20). The first-order chi connectivity index (χ1) is 11.0. The zero-order valence-electron chi connectivity index (χ0n) is 12.1. The fourth-order valence-electron chi connectivity index (χ4n) is 2.08. The maximum Gasteiger partial charge on any atom is 0.309 e. The predicted octanol–water partition coefficient (Wildman–Crippen LogP) is 4.08. The number of methoxy groups -OCH3 is 1. The molecule has 0 spiro atoms. The number of nitrogens with one attached hydrogen (secondary N) is 1. The first-order valence-electron chi connectivity index (χ1n) is 6.73. The summed E-state index contributed by atoms with van der Waals surface area (Å²) >= 11 is 6.19. The molecule has 1 aromatic heterocycles. The molecule has 3 rings (SSSR count). The molecule has 0 unspecified atom stereocenters. The molecule has 118 valence electrons. The Bertz CT molecular complexity index is 879. The third-order valence-corrected chi connectivity index (χ3v) is 3.51. The van der Waals surface area contributed by atoms with Crippen LogP contribution in [-0.2, 0) is 16.0 Å². The number of halogens is 2. The average Bonchev–Trinajstić information content (AvgIpc) is 2.91. The quantitative estimate of drug-likeness (QED) is 0.728. The SMILES string of the molecule is COC(=O)Cc1ccc(Nc2nc3cc(F)ccc3o2)c(Cl)c1. The molecule has 0 aliphatic heterocycles. The largest absolute Gasteiger partial charge is 0.469 e. The van der Waals surface area contributed by atoms with Gasteiger partial charge in [0.2, 0.25) is 0 Å². The summed E-state index contributed by atoms with van der Waals surface area (Å²) in [7, 11) is 1.33. The van der Waals surface area contributed by atoms with Gasteiger partial charge in [0.15, 0.2) is 5.58 Å². The van der Waals surface area contributed by atoms with Crippen molar-refractivity contribution in [2.24, 2.45) is 0 Å². The van der Waals surface area contributed by atoms with Crippen LogP contribution in [0.25, 0.3) is 11.1 Å².